The molecule has 0 atom stereocenters. The Hall–Kier alpha value is -1.28. The molecule has 3 heteroatoms. The summed E-state index contributed by atoms with van der Waals surface area (Å²) in [7, 11) is 1.55. The average molecular weight is 211 g/mol. The summed E-state index contributed by atoms with van der Waals surface area (Å²) < 4.78 is 4.97. The van der Waals surface area contributed by atoms with Gasteiger partial charge >= 0.3 is 0 Å². The number of ether oxygens (including phenoxy) is 1. The first-order valence-electron chi connectivity index (χ1n) is 4.10. The molecule has 2 nitrogen and oxygen atoms in total. The highest BCUT2D eigenvalue weighted by Crippen LogP contribution is 2.23. The maximum absolute atomic E-state index is 11.5. The summed E-state index contributed by atoms with van der Waals surface area (Å²) in [5, 5.41) is 0.386. The predicted molar refractivity (Wildman–Crippen MR) is 57.1 cm³/mol. The van der Waals surface area contributed by atoms with Crippen molar-refractivity contribution in [2.75, 3.05) is 7.11 Å². The van der Waals surface area contributed by atoms with E-state index in [0.29, 0.717) is 21.9 Å². The van der Waals surface area contributed by atoms with Gasteiger partial charge in [0.25, 0.3) is 0 Å². The molecule has 1 rings (SSSR count). The van der Waals surface area contributed by atoms with E-state index in [2.05, 4.69) is 6.58 Å². The van der Waals surface area contributed by atoms with Crippen LogP contribution in [0, 0.1) is 0 Å². The summed E-state index contributed by atoms with van der Waals surface area (Å²) >= 11 is 5.91. The van der Waals surface area contributed by atoms with Gasteiger partial charge in [0.1, 0.15) is 5.75 Å². The van der Waals surface area contributed by atoms with Crippen molar-refractivity contribution in [2.45, 2.75) is 6.92 Å². The van der Waals surface area contributed by atoms with E-state index in [0.717, 1.165) is 0 Å². The number of methoxy groups -OCH3 is 1. The molecule has 0 fully saturated rings. The monoisotopic (exact) mass is 210 g/mol. The Kier molecular flexibility index (Phi) is 3.31. The first-order valence-corrected chi connectivity index (χ1v) is 4.48. The second-order valence-electron chi connectivity index (χ2n) is 2.96. The van der Waals surface area contributed by atoms with Crippen molar-refractivity contribution < 1.29 is 9.53 Å². The van der Waals surface area contributed by atoms with Crippen molar-refractivity contribution in [3.63, 3.8) is 0 Å². The van der Waals surface area contributed by atoms with Gasteiger partial charge < -0.3 is 4.74 Å². The molecule has 0 saturated carbocycles. The Labute approximate surface area is 88.1 Å². The van der Waals surface area contributed by atoms with E-state index in [1.807, 2.05) is 0 Å². The molecule has 14 heavy (non-hydrogen) atoms. The normalized spacial score (nSPS) is 9.64. The third kappa shape index (κ3) is 2.15. The van der Waals surface area contributed by atoms with E-state index < -0.39 is 0 Å². The fraction of sp³-hybridized carbons (Fsp3) is 0.182. The summed E-state index contributed by atoms with van der Waals surface area (Å²) in [6, 6.07) is 4.94. The molecule has 0 heterocycles. The summed E-state index contributed by atoms with van der Waals surface area (Å²) in [6.45, 7) is 5.23. The molecule has 0 amide bonds. The van der Waals surface area contributed by atoms with Crippen molar-refractivity contribution in [3.05, 3.63) is 40.9 Å². The Bertz CT molecular complexity index is 383. The summed E-state index contributed by atoms with van der Waals surface area (Å²) in [6.07, 6.45) is 0. The second kappa shape index (κ2) is 4.29. The molecular weight excluding hydrogens is 200 g/mol. The van der Waals surface area contributed by atoms with Gasteiger partial charge in [-0.15, -0.1) is 0 Å². The van der Waals surface area contributed by atoms with Crippen molar-refractivity contribution in [3.8, 4) is 5.75 Å². The van der Waals surface area contributed by atoms with Crippen LogP contribution in [0.2, 0.25) is 5.02 Å². The van der Waals surface area contributed by atoms with Crippen molar-refractivity contribution in [2.24, 2.45) is 0 Å². The number of hydrogen-bond acceptors (Lipinski definition) is 2. The zero-order chi connectivity index (χ0) is 10.7. The number of hydrogen-bond donors (Lipinski definition) is 0. The number of ketones is 1. The topological polar surface area (TPSA) is 26.3 Å². The van der Waals surface area contributed by atoms with Gasteiger partial charge in [-0.05, 0) is 30.7 Å². The maximum atomic E-state index is 11.5. The Balaban J connectivity index is 3.12. The van der Waals surface area contributed by atoms with Crippen LogP contribution >= 0.6 is 11.6 Å². The van der Waals surface area contributed by atoms with Crippen LogP contribution in [-0.4, -0.2) is 12.9 Å². The molecular formula is C11H11ClO2. The molecule has 0 aliphatic heterocycles. The third-order valence-corrected chi connectivity index (χ3v) is 2.12. The molecule has 0 radical (unpaired) electrons. The van der Waals surface area contributed by atoms with Gasteiger partial charge in [-0.3, -0.25) is 4.79 Å². The minimum atomic E-state index is -0.141. The molecule has 0 saturated heterocycles. The molecule has 0 aliphatic carbocycles. The lowest BCUT2D eigenvalue weighted by molar-refractivity contribution is 0.103. The lowest BCUT2D eigenvalue weighted by atomic mass is 10.1. The van der Waals surface area contributed by atoms with Gasteiger partial charge in [-0.1, -0.05) is 18.2 Å². The zero-order valence-corrected chi connectivity index (χ0v) is 8.89. The average Bonchev–Trinajstić information content (AvgIpc) is 2.16. The van der Waals surface area contributed by atoms with Crippen molar-refractivity contribution in [1.29, 1.82) is 0 Å². The standard InChI is InChI=1S/C11H11ClO2/c1-7(2)11(13)9-5-4-8(14-3)6-10(9)12/h4-6H,1H2,2-3H3. The van der Waals surface area contributed by atoms with Crippen LogP contribution < -0.4 is 4.74 Å². The second-order valence-corrected chi connectivity index (χ2v) is 3.36. The lowest BCUT2D eigenvalue weighted by Gasteiger charge is -2.05. The smallest absolute Gasteiger partial charge is 0.189 e. The number of Topliss-reactive ketones (excluding diaryl/α,β-unsaturated/α-hetero) is 1. The lowest BCUT2D eigenvalue weighted by Crippen LogP contribution is -2.00. The predicted octanol–water partition coefficient (Wildman–Crippen LogP) is 3.11. The van der Waals surface area contributed by atoms with E-state index in [-0.39, 0.29) is 5.78 Å². The fourth-order valence-corrected chi connectivity index (χ4v) is 1.29. The van der Waals surface area contributed by atoms with Crippen LogP contribution in [0.3, 0.4) is 0 Å². The van der Waals surface area contributed by atoms with E-state index in [1.54, 1.807) is 32.2 Å². The molecule has 0 spiro atoms. The van der Waals surface area contributed by atoms with E-state index in [4.69, 9.17) is 16.3 Å². The quantitative estimate of drug-likeness (QED) is 0.566. The van der Waals surface area contributed by atoms with Gasteiger partial charge in [0.15, 0.2) is 5.78 Å². The molecule has 74 valence electrons. The third-order valence-electron chi connectivity index (χ3n) is 1.81. The van der Waals surface area contributed by atoms with Crippen molar-refractivity contribution >= 4 is 17.4 Å². The molecule has 0 N–H and O–H groups in total. The number of benzene rings is 1. The van der Waals surface area contributed by atoms with Gasteiger partial charge in [0.2, 0.25) is 0 Å². The first kappa shape index (κ1) is 10.8. The number of allylic oxidation sites excluding steroid dienone is 1. The Morgan fingerprint density at radius 1 is 1.50 bits per heavy atom. The zero-order valence-electron chi connectivity index (χ0n) is 8.13. The summed E-state index contributed by atoms with van der Waals surface area (Å²) in [5.41, 5.74) is 0.928. The SMILES string of the molecule is C=C(C)C(=O)c1ccc(OC)cc1Cl. The van der Waals surface area contributed by atoms with Crippen molar-refractivity contribution in [1.82, 2.24) is 0 Å². The van der Waals surface area contributed by atoms with Crippen LogP contribution in [0.4, 0.5) is 0 Å². The minimum absolute atomic E-state index is 0.141. The summed E-state index contributed by atoms with van der Waals surface area (Å²) in [4.78, 5) is 11.5. The largest absolute Gasteiger partial charge is 0.497 e. The van der Waals surface area contributed by atoms with Gasteiger partial charge in [0.05, 0.1) is 12.1 Å². The molecule has 1 aromatic rings. The van der Waals surface area contributed by atoms with Gasteiger partial charge in [-0.25, -0.2) is 0 Å². The highest BCUT2D eigenvalue weighted by Gasteiger charge is 2.11. The van der Waals surface area contributed by atoms with Crippen LogP contribution in [0.1, 0.15) is 17.3 Å². The van der Waals surface area contributed by atoms with E-state index >= 15 is 0 Å². The number of rotatable bonds is 3. The Morgan fingerprint density at radius 2 is 2.14 bits per heavy atom. The van der Waals surface area contributed by atoms with E-state index in [1.165, 1.54) is 0 Å². The highest BCUT2D eigenvalue weighted by molar-refractivity contribution is 6.35. The maximum Gasteiger partial charge on any atom is 0.189 e. The molecule has 0 unspecified atom stereocenters. The number of carbonyl (C=O) groups excluding carboxylic acids is 1. The summed E-state index contributed by atoms with van der Waals surface area (Å²) in [5.74, 6) is 0.492. The van der Waals surface area contributed by atoms with E-state index in [9.17, 15) is 4.79 Å². The van der Waals surface area contributed by atoms with Crippen LogP contribution in [0.15, 0.2) is 30.4 Å². The number of carbonyl (C=O) groups is 1. The molecule has 0 bridgehead atoms. The molecule has 0 aromatic heterocycles. The fourth-order valence-electron chi connectivity index (χ4n) is 1.04. The highest BCUT2D eigenvalue weighted by atomic mass is 35.5. The van der Waals surface area contributed by atoms with Crippen LogP contribution in [-0.2, 0) is 0 Å². The van der Waals surface area contributed by atoms with Gasteiger partial charge in [-0.2, -0.15) is 0 Å². The first-order chi connectivity index (χ1) is 6.56. The number of halogens is 1. The minimum Gasteiger partial charge on any atom is -0.497 e. The molecule has 1 aromatic carbocycles. The van der Waals surface area contributed by atoms with Crippen LogP contribution in [0.5, 0.6) is 5.75 Å². The van der Waals surface area contributed by atoms with Gasteiger partial charge in [0, 0.05) is 5.56 Å². The Morgan fingerprint density at radius 3 is 2.57 bits per heavy atom. The van der Waals surface area contributed by atoms with Crippen LogP contribution in [0.25, 0.3) is 0 Å². The molecule has 0 aliphatic rings.